The van der Waals surface area contributed by atoms with E-state index in [4.69, 9.17) is 0 Å². The molecular formula is C11H19N3O2. The number of carbonyl (C=O) groups is 2. The van der Waals surface area contributed by atoms with Gasteiger partial charge in [0.25, 0.3) is 0 Å². The molecule has 2 heterocycles. The molecule has 90 valence electrons. The fourth-order valence-electron chi connectivity index (χ4n) is 2.40. The van der Waals surface area contributed by atoms with Crippen molar-refractivity contribution in [1.29, 1.82) is 0 Å². The van der Waals surface area contributed by atoms with Crippen LogP contribution in [0.1, 0.15) is 25.7 Å². The Labute approximate surface area is 95.6 Å². The number of rotatable bonds is 3. The Kier molecular flexibility index (Phi) is 3.43. The van der Waals surface area contributed by atoms with Crippen LogP contribution in [-0.2, 0) is 9.59 Å². The molecule has 0 saturated carbocycles. The maximum absolute atomic E-state index is 11.7. The molecule has 5 heteroatoms. The Morgan fingerprint density at radius 2 is 2.44 bits per heavy atom. The second kappa shape index (κ2) is 4.82. The number of amides is 2. The van der Waals surface area contributed by atoms with Gasteiger partial charge in [-0.2, -0.15) is 0 Å². The van der Waals surface area contributed by atoms with Gasteiger partial charge in [-0.1, -0.05) is 0 Å². The third-order valence-electron chi connectivity index (χ3n) is 3.30. The fraction of sp³-hybridized carbons (Fsp3) is 0.818. The molecule has 2 amide bonds. The number of nitrogens with one attached hydrogen (secondary N) is 2. The van der Waals surface area contributed by atoms with E-state index in [-0.39, 0.29) is 17.9 Å². The Morgan fingerprint density at radius 3 is 3.00 bits per heavy atom. The molecule has 16 heavy (non-hydrogen) atoms. The quantitative estimate of drug-likeness (QED) is 0.679. The second-order valence-electron chi connectivity index (χ2n) is 4.74. The van der Waals surface area contributed by atoms with Crippen molar-refractivity contribution in [2.24, 2.45) is 0 Å². The number of likely N-dealkylation sites (N-methyl/N-ethyl adjacent to an activating group) is 1. The highest BCUT2D eigenvalue weighted by Crippen LogP contribution is 2.11. The van der Waals surface area contributed by atoms with E-state index >= 15 is 0 Å². The van der Waals surface area contributed by atoms with Crippen LogP contribution in [0.25, 0.3) is 0 Å². The van der Waals surface area contributed by atoms with Crippen molar-refractivity contribution in [1.82, 2.24) is 15.5 Å². The van der Waals surface area contributed by atoms with Gasteiger partial charge in [0.1, 0.15) is 0 Å². The van der Waals surface area contributed by atoms with Crippen LogP contribution in [-0.4, -0.2) is 48.9 Å². The standard InChI is InChI=1S/C11H19N3O2/c1-14-7-9(6-11(14)16)13-10(15)5-8-3-2-4-12-8/h8-9,12H,2-7H2,1H3,(H,13,15). The van der Waals surface area contributed by atoms with Crippen molar-refractivity contribution in [2.45, 2.75) is 37.8 Å². The van der Waals surface area contributed by atoms with Gasteiger partial charge in [-0.05, 0) is 19.4 Å². The van der Waals surface area contributed by atoms with E-state index < -0.39 is 0 Å². The monoisotopic (exact) mass is 225 g/mol. The number of hydrogen-bond acceptors (Lipinski definition) is 3. The first kappa shape index (κ1) is 11.4. The van der Waals surface area contributed by atoms with Crippen LogP contribution in [0, 0.1) is 0 Å². The first-order valence-corrected chi connectivity index (χ1v) is 5.92. The molecule has 0 aromatic heterocycles. The van der Waals surface area contributed by atoms with Crippen molar-refractivity contribution < 1.29 is 9.59 Å². The van der Waals surface area contributed by atoms with Crippen molar-refractivity contribution in [3.63, 3.8) is 0 Å². The Hall–Kier alpha value is -1.10. The molecule has 0 radical (unpaired) electrons. The second-order valence-corrected chi connectivity index (χ2v) is 4.74. The first-order valence-electron chi connectivity index (χ1n) is 5.92. The number of nitrogens with zero attached hydrogens (tertiary/aromatic N) is 1. The zero-order valence-electron chi connectivity index (χ0n) is 9.66. The highest BCUT2D eigenvalue weighted by Gasteiger charge is 2.28. The molecule has 2 saturated heterocycles. The molecule has 2 N–H and O–H groups in total. The Bertz CT molecular complexity index is 287. The smallest absolute Gasteiger partial charge is 0.224 e. The summed E-state index contributed by atoms with van der Waals surface area (Å²) in [6.07, 6.45) is 3.22. The van der Waals surface area contributed by atoms with Gasteiger partial charge < -0.3 is 15.5 Å². The summed E-state index contributed by atoms with van der Waals surface area (Å²) in [5.41, 5.74) is 0. The minimum absolute atomic E-state index is 0.00593. The summed E-state index contributed by atoms with van der Waals surface area (Å²) in [6, 6.07) is 0.334. The number of carbonyl (C=O) groups excluding carboxylic acids is 2. The van der Waals surface area contributed by atoms with Crippen LogP contribution in [0.5, 0.6) is 0 Å². The fourth-order valence-corrected chi connectivity index (χ4v) is 2.40. The summed E-state index contributed by atoms with van der Waals surface area (Å²) < 4.78 is 0. The topological polar surface area (TPSA) is 61.4 Å². The zero-order valence-corrected chi connectivity index (χ0v) is 9.66. The summed E-state index contributed by atoms with van der Waals surface area (Å²) in [5.74, 6) is 0.178. The maximum atomic E-state index is 11.7. The molecular weight excluding hydrogens is 206 g/mol. The summed E-state index contributed by atoms with van der Waals surface area (Å²) in [5, 5.41) is 6.22. The van der Waals surface area contributed by atoms with Crippen molar-refractivity contribution in [3.8, 4) is 0 Å². The van der Waals surface area contributed by atoms with E-state index in [9.17, 15) is 9.59 Å². The van der Waals surface area contributed by atoms with Gasteiger partial charge in [-0.3, -0.25) is 9.59 Å². The lowest BCUT2D eigenvalue weighted by molar-refractivity contribution is -0.126. The van der Waals surface area contributed by atoms with Crippen molar-refractivity contribution in [2.75, 3.05) is 20.1 Å². The van der Waals surface area contributed by atoms with E-state index in [1.54, 1.807) is 11.9 Å². The van der Waals surface area contributed by atoms with Crippen LogP contribution < -0.4 is 10.6 Å². The molecule has 0 aromatic carbocycles. The van der Waals surface area contributed by atoms with Crippen LogP contribution in [0.15, 0.2) is 0 Å². The van der Waals surface area contributed by atoms with Crippen molar-refractivity contribution in [3.05, 3.63) is 0 Å². The van der Waals surface area contributed by atoms with Gasteiger partial charge in [0.15, 0.2) is 0 Å². The molecule has 2 fully saturated rings. The molecule has 0 aliphatic carbocycles. The third-order valence-corrected chi connectivity index (χ3v) is 3.30. The predicted molar refractivity (Wildman–Crippen MR) is 59.8 cm³/mol. The van der Waals surface area contributed by atoms with E-state index in [1.165, 1.54) is 0 Å². The van der Waals surface area contributed by atoms with Gasteiger partial charge >= 0.3 is 0 Å². The molecule has 2 unspecified atom stereocenters. The summed E-state index contributed by atoms with van der Waals surface area (Å²) in [6.45, 7) is 1.66. The average molecular weight is 225 g/mol. The van der Waals surface area contributed by atoms with E-state index in [2.05, 4.69) is 10.6 Å². The van der Waals surface area contributed by atoms with E-state index in [1.807, 2.05) is 0 Å². The molecule has 0 aromatic rings. The lowest BCUT2D eigenvalue weighted by atomic mass is 10.1. The van der Waals surface area contributed by atoms with Crippen LogP contribution >= 0.6 is 0 Å². The minimum atomic E-state index is 0.00593. The highest BCUT2D eigenvalue weighted by atomic mass is 16.2. The molecule has 5 nitrogen and oxygen atoms in total. The molecule has 2 aliphatic heterocycles. The van der Waals surface area contributed by atoms with Gasteiger partial charge in [0.2, 0.25) is 11.8 Å². The van der Waals surface area contributed by atoms with Gasteiger partial charge in [0, 0.05) is 32.5 Å². The SMILES string of the molecule is CN1CC(NC(=O)CC2CCCN2)CC1=O. The molecule has 2 rings (SSSR count). The molecule has 0 bridgehead atoms. The predicted octanol–water partition coefficient (Wildman–Crippen LogP) is -0.525. The van der Waals surface area contributed by atoms with E-state index in [0.717, 1.165) is 19.4 Å². The van der Waals surface area contributed by atoms with Crippen LogP contribution in [0.2, 0.25) is 0 Å². The average Bonchev–Trinajstić information content (AvgIpc) is 2.78. The minimum Gasteiger partial charge on any atom is -0.351 e. The Balaban J connectivity index is 1.73. The van der Waals surface area contributed by atoms with E-state index in [0.29, 0.717) is 25.4 Å². The zero-order chi connectivity index (χ0) is 11.5. The van der Waals surface area contributed by atoms with Gasteiger partial charge in [-0.25, -0.2) is 0 Å². The van der Waals surface area contributed by atoms with Crippen molar-refractivity contribution >= 4 is 11.8 Å². The van der Waals surface area contributed by atoms with Gasteiger partial charge in [0.05, 0.1) is 6.04 Å². The highest BCUT2D eigenvalue weighted by molar-refractivity contribution is 5.82. The molecule has 2 atom stereocenters. The molecule has 2 aliphatic rings. The lowest BCUT2D eigenvalue weighted by Gasteiger charge is -2.14. The normalized spacial score (nSPS) is 29.8. The van der Waals surface area contributed by atoms with Crippen LogP contribution in [0.3, 0.4) is 0 Å². The largest absolute Gasteiger partial charge is 0.351 e. The summed E-state index contributed by atoms with van der Waals surface area (Å²) in [7, 11) is 1.77. The maximum Gasteiger partial charge on any atom is 0.224 e. The number of hydrogen-bond donors (Lipinski definition) is 2. The first-order chi connectivity index (χ1) is 7.65. The molecule has 0 spiro atoms. The van der Waals surface area contributed by atoms with Gasteiger partial charge in [-0.15, -0.1) is 0 Å². The Morgan fingerprint density at radius 1 is 1.62 bits per heavy atom. The summed E-state index contributed by atoms with van der Waals surface area (Å²) in [4.78, 5) is 24.6. The number of likely N-dealkylation sites (tertiary alicyclic amines) is 1. The third kappa shape index (κ3) is 2.72. The van der Waals surface area contributed by atoms with Crippen LogP contribution in [0.4, 0.5) is 0 Å². The summed E-state index contributed by atoms with van der Waals surface area (Å²) >= 11 is 0. The lowest BCUT2D eigenvalue weighted by Crippen LogP contribution is -2.39.